The fourth-order valence-corrected chi connectivity index (χ4v) is 5.02. The van der Waals surface area contributed by atoms with E-state index in [2.05, 4.69) is 10.6 Å². The third kappa shape index (κ3) is 9.34. The van der Waals surface area contributed by atoms with Gasteiger partial charge in [0.1, 0.15) is 12.1 Å². The Bertz CT molecular complexity index is 444. The van der Waals surface area contributed by atoms with E-state index in [1.165, 1.54) is 64.2 Å². The zero-order chi connectivity index (χ0) is 21.6. The fourth-order valence-electron chi connectivity index (χ4n) is 5.02. The molecule has 0 bridgehead atoms. The summed E-state index contributed by atoms with van der Waals surface area (Å²) in [6.07, 6.45) is 14.2. The highest BCUT2D eigenvalue weighted by atomic mass is 16.5. The number of carbonyl (C=O) groups is 2. The largest absolute Gasteiger partial charge is 0.465 e. The first-order chi connectivity index (χ1) is 14.6. The lowest BCUT2D eigenvalue weighted by Crippen LogP contribution is -2.46. The molecule has 2 aliphatic rings. The molecule has 0 aromatic heterocycles. The first-order valence-electron chi connectivity index (χ1n) is 12.4. The van der Waals surface area contributed by atoms with E-state index in [0.29, 0.717) is 38.1 Å². The van der Waals surface area contributed by atoms with Crippen molar-refractivity contribution >= 4 is 11.9 Å². The van der Waals surface area contributed by atoms with Crippen LogP contribution in [0, 0.1) is 11.8 Å². The van der Waals surface area contributed by atoms with Gasteiger partial charge in [-0.2, -0.15) is 0 Å². The molecule has 2 aliphatic carbocycles. The van der Waals surface area contributed by atoms with Crippen LogP contribution in [0.25, 0.3) is 0 Å². The molecule has 0 radical (unpaired) electrons. The van der Waals surface area contributed by atoms with Crippen LogP contribution in [0.1, 0.15) is 90.9 Å². The van der Waals surface area contributed by atoms with Crippen LogP contribution in [0.4, 0.5) is 0 Å². The molecule has 0 amide bonds. The number of ether oxygens (including phenoxy) is 2. The van der Waals surface area contributed by atoms with Crippen molar-refractivity contribution in [2.75, 3.05) is 26.3 Å². The maximum absolute atomic E-state index is 12.4. The van der Waals surface area contributed by atoms with Gasteiger partial charge in [0.2, 0.25) is 0 Å². The van der Waals surface area contributed by atoms with Gasteiger partial charge in [-0.05, 0) is 38.5 Å². The van der Waals surface area contributed by atoms with Crippen LogP contribution in [-0.2, 0) is 19.1 Å². The van der Waals surface area contributed by atoms with Crippen LogP contribution in [0.5, 0.6) is 0 Å². The van der Waals surface area contributed by atoms with Crippen molar-refractivity contribution in [1.82, 2.24) is 10.6 Å². The Labute approximate surface area is 183 Å². The molecular weight excluding hydrogens is 380 g/mol. The standard InChI is InChI=1S/C24H44N2O4/c1-3-29-23(27)21(17-19-11-7-5-8-12-19)25-15-16-26-22(24(28)30-4-2)18-20-13-9-6-10-14-20/h19-22,25-26H,3-18H2,1-2H3. The summed E-state index contributed by atoms with van der Waals surface area (Å²) >= 11 is 0. The molecule has 2 unspecified atom stereocenters. The van der Waals surface area contributed by atoms with E-state index in [1.54, 1.807) is 0 Å². The third-order valence-electron chi connectivity index (χ3n) is 6.64. The Morgan fingerprint density at radius 2 is 1.07 bits per heavy atom. The second kappa shape index (κ2) is 14.8. The van der Waals surface area contributed by atoms with Crippen molar-refractivity contribution in [2.45, 2.75) is 103 Å². The molecule has 2 rings (SSSR count). The molecule has 174 valence electrons. The van der Waals surface area contributed by atoms with Crippen LogP contribution >= 0.6 is 0 Å². The first-order valence-corrected chi connectivity index (χ1v) is 12.4. The summed E-state index contributed by atoms with van der Waals surface area (Å²) in [6.45, 7) is 5.80. The maximum atomic E-state index is 12.4. The van der Waals surface area contributed by atoms with E-state index >= 15 is 0 Å². The summed E-state index contributed by atoms with van der Waals surface area (Å²) in [4.78, 5) is 24.8. The number of carbonyl (C=O) groups excluding carboxylic acids is 2. The van der Waals surface area contributed by atoms with Crippen LogP contribution < -0.4 is 10.6 Å². The van der Waals surface area contributed by atoms with E-state index in [4.69, 9.17) is 9.47 Å². The molecule has 0 saturated heterocycles. The Morgan fingerprint density at radius 3 is 1.40 bits per heavy atom. The molecule has 6 nitrogen and oxygen atoms in total. The zero-order valence-corrected chi connectivity index (χ0v) is 19.3. The van der Waals surface area contributed by atoms with Gasteiger partial charge in [-0.25, -0.2) is 0 Å². The molecule has 2 atom stereocenters. The van der Waals surface area contributed by atoms with Crippen LogP contribution in [0.2, 0.25) is 0 Å². The third-order valence-corrected chi connectivity index (χ3v) is 6.64. The minimum absolute atomic E-state index is 0.146. The normalized spacial score (nSPS) is 20.5. The van der Waals surface area contributed by atoms with Crippen molar-refractivity contribution in [3.63, 3.8) is 0 Å². The molecule has 0 aromatic carbocycles. The lowest BCUT2D eigenvalue weighted by molar-refractivity contribution is -0.147. The fraction of sp³-hybridized carbons (Fsp3) is 0.917. The summed E-state index contributed by atoms with van der Waals surface area (Å²) in [5, 5.41) is 6.78. The van der Waals surface area contributed by atoms with Crippen molar-refractivity contribution < 1.29 is 19.1 Å². The minimum Gasteiger partial charge on any atom is -0.465 e. The second-order valence-electron chi connectivity index (χ2n) is 9.00. The molecule has 2 fully saturated rings. The summed E-state index contributed by atoms with van der Waals surface area (Å²) in [5.74, 6) is 0.916. The second-order valence-corrected chi connectivity index (χ2v) is 9.00. The highest BCUT2D eigenvalue weighted by Crippen LogP contribution is 2.28. The molecule has 30 heavy (non-hydrogen) atoms. The number of hydrogen-bond acceptors (Lipinski definition) is 6. The SMILES string of the molecule is CCOC(=O)C(CC1CCCCC1)NCCNC(CC1CCCCC1)C(=O)OCC. The quantitative estimate of drug-likeness (QED) is 0.344. The van der Waals surface area contributed by atoms with E-state index in [0.717, 1.165) is 12.8 Å². The molecule has 6 heteroatoms. The molecule has 2 N–H and O–H groups in total. The molecule has 0 spiro atoms. The number of esters is 2. The summed E-state index contributed by atoms with van der Waals surface area (Å²) in [5.41, 5.74) is 0. The van der Waals surface area contributed by atoms with E-state index in [-0.39, 0.29) is 24.0 Å². The lowest BCUT2D eigenvalue weighted by Gasteiger charge is -2.27. The van der Waals surface area contributed by atoms with E-state index < -0.39 is 0 Å². The van der Waals surface area contributed by atoms with Gasteiger partial charge in [-0.15, -0.1) is 0 Å². The predicted octanol–water partition coefficient (Wildman–Crippen LogP) is 3.97. The van der Waals surface area contributed by atoms with Gasteiger partial charge in [0, 0.05) is 13.1 Å². The van der Waals surface area contributed by atoms with Crippen molar-refractivity contribution in [1.29, 1.82) is 0 Å². The average molecular weight is 425 g/mol. The van der Waals surface area contributed by atoms with Gasteiger partial charge in [0.05, 0.1) is 13.2 Å². The Morgan fingerprint density at radius 1 is 0.700 bits per heavy atom. The topological polar surface area (TPSA) is 76.7 Å². The number of rotatable bonds is 13. The Balaban J connectivity index is 1.80. The zero-order valence-electron chi connectivity index (χ0n) is 19.3. The van der Waals surface area contributed by atoms with Gasteiger partial charge in [0.15, 0.2) is 0 Å². The van der Waals surface area contributed by atoms with Gasteiger partial charge in [-0.3, -0.25) is 9.59 Å². The van der Waals surface area contributed by atoms with E-state index in [9.17, 15) is 9.59 Å². The van der Waals surface area contributed by atoms with Gasteiger partial charge >= 0.3 is 11.9 Å². The van der Waals surface area contributed by atoms with Crippen LogP contribution in [0.3, 0.4) is 0 Å². The van der Waals surface area contributed by atoms with Crippen LogP contribution in [-0.4, -0.2) is 50.3 Å². The highest BCUT2D eigenvalue weighted by Gasteiger charge is 2.27. The number of hydrogen-bond donors (Lipinski definition) is 2. The summed E-state index contributed by atoms with van der Waals surface area (Å²) < 4.78 is 10.6. The number of nitrogens with one attached hydrogen (secondary N) is 2. The molecule has 0 aliphatic heterocycles. The van der Waals surface area contributed by atoms with Crippen molar-refractivity contribution in [2.24, 2.45) is 11.8 Å². The minimum atomic E-state index is -0.255. The van der Waals surface area contributed by atoms with Gasteiger partial charge in [-0.1, -0.05) is 64.2 Å². The smallest absolute Gasteiger partial charge is 0.323 e. The Hall–Kier alpha value is -1.14. The van der Waals surface area contributed by atoms with Gasteiger partial charge in [0.25, 0.3) is 0 Å². The monoisotopic (exact) mass is 424 g/mol. The summed E-state index contributed by atoms with van der Waals surface area (Å²) in [6, 6.07) is -0.511. The Kier molecular flexibility index (Phi) is 12.4. The van der Waals surface area contributed by atoms with Crippen molar-refractivity contribution in [3.05, 3.63) is 0 Å². The van der Waals surface area contributed by atoms with Crippen molar-refractivity contribution in [3.8, 4) is 0 Å². The molecule has 0 aromatic rings. The van der Waals surface area contributed by atoms with Crippen LogP contribution in [0.15, 0.2) is 0 Å². The lowest BCUT2D eigenvalue weighted by atomic mass is 9.84. The van der Waals surface area contributed by atoms with Gasteiger partial charge < -0.3 is 20.1 Å². The average Bonchev–Trinajstić information content (AvgIpc) is 2.76. The van der Waals surface area contributed by atoms with E-state index in [1.807, 2.05) is 13.8 Å². The molecular formula is C24H44N2O4. The predicted molar refractivity (Wildman–Crippen MR) is 119 cm³/mol. The summed E-state index contributed by atoms with van der Waals surface area (Å²) in [7, 11) is 0. The highest BCUT2D eigenvalue weighted by molar-refractivity contribution is 5.76. The molecule has 0 heterocycles. The first kappa shape index (κ1) is 25.1. The molecule has 2 saturated carbocycles. The maximum Gasteiger partial charge on any atom is 0.323 e.